The molecule has 122 valence electrons. The van der Waals surface area contributed by atoms with Crippen LogP contribution in [0.2, 0.25) is 0 Å². The molecular formula is C16H15N5O3. The molecule has 0 radical (unpaired) electrons. The van der Waals surface area contributed by atoms with E-state index in [4.69, 9.17) is 8.94 Å². The van der Waals surface area contributed by atoms with Crippen LogP contribution in [0.15, 0.2) is 51.9 Å². The number of carbonyl (C=O) groups excluding carboxylic acids is 1. The summed E-state index contributed by atoms with van der Waals surface area (Å²) < 4.78 is 10.4. The van der Waals surface area contributed by atoms with Gasteiger partial charge in [0, 0.05) is 44.6 Å². The van der Waals surface area contributed by atoms with Gasteiger partial charge >= 0.3 is 0 Å². The second kappa shape index (κ2) is 6.15. The lowest BCUT2D eigenvalue weighted by Gasteiger charge is -2.34. The van der Waals surface area contributed by atoms with Crippen LogP contribution in [0, 0.1) is 0 Å². The van der Waals surface area contributed by atoms with Crippen molar-refractivity contribution >= 4 is 11.9 Å². The van der Waals surface area contributed by atoms with Gasteiger partial charge in [-0.2, -0.15) is 0 Å². The minimum atomic E-state index is -0.148. The van der Waals surface area contributed by atoms with Crippen molar-refractivity contribution in [1.82, 2.24) is 20.0 Å². The van der Waals surface area contributed by atoms with Gasteiger partial charge in [0.2, 0.25) is 11.7 Å². The van der Waals surface area contributed by atoms with Gasteiger partial charge in [0.05, 0.1) is 6.26 Å². The van der Waals surface area contributed by atoms with E-state index >= 15 is 0 Å². The topological polar surface area (TPSA) is 88.5 Å². The monoisotopic (exact) mass is 325 g/mol. The van der Waals surface area contributed by atoms with Crippen molar-refractivity contribution in [2.45, 2.75) is 0 Å². The van der Waals surface area contributed by atoms with E-state index < -0.39 is 0 Å². The molecular weight excluding hydrogens is 310 g/mol. The minimum Gasteiger partial charge on any atom is -0.461 e. The fourth-order valence-electron chi connectivity index (χ4n) is 2.64. The smallest absolute Gasteiger partial charge is 0.276 e. The number of hydrogen-bond donors (Lipinski definition) is 0. The van der Waals surface area contributed by atoms with Crippen molar-refractivity contribution in [1.29, 1.82) is 0 Å². The summed E-state index contributed by atoms with van der Waals surface area (Å²) in [5.74, 6) is 1.53. The van der Waals surface area contributed by atoms with E-state index in [0.717, 1.165) is 0 Å². The highest BCUT2D eigenvalue weighted by atomic mass is 16.5. The van der Waals surface area contributed by atoms with E-state index in [9.17, 15) is 4.79 Å². The second-order valence-electron chi connectivity index (χ2n) is 5.38. The third-order valence-electron chi connectivity index (χ3n) is 3.90. The van der Waals surface area contributed by atoms with Crippen molar-refractivity contribution in [3.05, 3.63) is 48.6 Å². The molecule has 4 heterocycles. The van der Waals surface area contributed by atoms with Crippen molar-refractivity contribution in [3.8, 4) is 11.5 Å². The lowest BCUT2D eigenvalue weighted by molar-refractivity contribution is 0.0736. The summed E-state index contributed by atoms with van der Waals surface area (Å²) in [5.41, 5.74) is 0.283. The number of anilines is 1. The Balaban J connectivity index is 1.41. The number of furan rings is 1. The average Bonchev–Trinajstić information content (AvgIpc) is 3.33. The number of nitrogens with zero attached hydrogens (tertiary/aromatic N) is 5. The molecule has 4 rings (SSSR count). The van der Waals surface area contributed by atoms with E-state index in [2.05, 4.69) is 20.0 Å². The van der Waals surface area contributed by atoms with Gasteiger partial charge in [-0.15, -0.1) is 0 Å². The normalized spacial score (nSPS) is 14.8. The number of piperazine rings is 1. The number of hydrogen-bond acceptors (Lipinski definition) is 7. The Morgan fingerprint density at radius 1 is 1.04 bits per heavy atom. The summed E-state index contributed by atoms with van der Waals surface area (Å²) in [5, 5.41) is 3.86. The minimum absolute atomic E-state index is 0.148. The molecule has 1 saturated heterocycles. The molecule has 1 amide bonds. The summed E-state index contributed by atoms with van der Waals surface area (Å²) in [6.45, 7) is 2.53. The first-order valence-electron chi connectivity index (χ1n) is 7.63. The molecule has 1 aliphatic heterocycles. The molecule has 8 heteroatoms. The van der Waals surface area contributed by atoms with E-state index in [0.29, 0.717) is 43.6 Å². The molecule has 0 atom stereocenters. The van der Waals surface area contributed by atoms with Crippen LogP contribution < -0.4 is 4.90 Å². The van der Waals surface area contributed by atoms with Gasteiger partial charge in [-0.25, -0.2) is 9.97 Å². The number of carbonyl (C=O) groups is 1. The molecule has 8 nitrogen and oxygen atoms in total. The summed E-state index contributed by atoms with van der Waals surface area (Å²) in [7, 11) is 0. The predicted octanol–water partition coefficient (Wildman–Crippen LogP) is 1.69. The molecule has 3 aromatic heterocycles. The molecule has 1 fully saturated rings. The van der Waals surface area contributed by atoms with Crippen LogP contribution in [0.25, 0.3) is 11.5 Å². The highest BCUT2D eigenvalue weighted by Crippen LogP contribution is 2.21. The highest BCUT2D eigenvalue weighted by Gasteiger charge is 2.26. The van der Waals surface area contributed by atoms with Gasteiger partial charge in [0.25, 0.3) is 5.91 Å². The van der Waals surface area contributed by atoms with Crippen LogP contribution in [-0.4, -0.2) is 52.1 Å². The number of amides is 1. The Morgan fingerprint density at radius 2 is 1.83 bits per heavy atom. The zero-order chi connectivity index (χ0) is 16.4. The first-order chi connectivity index (χ1) is 11.8. The molecule has 0 N–H and O–H groups in total. The summed E-state index contributed by atoms with van der Waals surface area (Å²) in [4.78, 5) is 24.8. The molecule has 0 saturated carbocycles. The Kier molecular flexibility index (Phi) is 3.70. The fraction of sp³-hybridized carbons (Fsp3) is 0.250. The Labute approximate surface area is 137 Å². The Morgan fingerprint density at radius 3 is 2.54 bits per heavy atom. The summed E-state index contributed by atoms with van der Waals surface area (Å²) in [6.07, 6.45) is 4.97. The van der Waals surface area contributed by atoms with Gasteiger partial charge in [0.15, 0.2) is 11.5 Å². The third kappa shape index (κ3) is 2.73. The van der Waals surface area contributed by atoms with E-state index in [-0.39, 0.29) is 11.6 Å². The first-order valence-corrected chi connectivity index (χ1v) is 7.63. The molecule has 1 aliphatic rings. The van der Waals surface area contributed by atoms with Crippen LogP contribution >= 0.6 is 0 Å². The summed E-state index contributed by atoms with van der Waals surface area (Å²) in [6, 6.07) is 6.90. The molecule has 3 aromatic rings. The zero-order valence-electron chi connectivity index (χ0n) is 12.8. The number of aromatic nitrogens is 3. The zero-order valence-corrected chi connectivity index (χ0v) is 12.8. The van der Waals surface area contributed by atoms with Crippen molar-refractivity contribution in [2.75, 3.05) is 31.1 Å². The molecule has 0 aliphatic carbocycles. The van der Waals surface area contributed by atoms with Crippen molar-refractivity contribution < 1.29 is 13.7 Å². The predicted molar refractivity (Wildman–Crippen MR) is 84.4 cm³/mol. The van der Waals surface area contributed by atoms with Crippen LogP contribution in [-0.2, 0) is 0 Å². The quantitative estimate of drug-likeness (QED) is 0.724. The van der Waals surface area contributed by atoms with Gasteiger partial charge in [-0.1, -0.05) is 5.16 Å². The maximum atomic E-state index is 12.5. The molecule has 0 spiro atoms. The standard InChI is InChI=1S/C16H15N5O3/c22-15(12-11-14(24-19-12)13-3-1-10-23-13)20-6-8-21(9-7-20)16-17-4-2-5-18-16/h1-5,10-11H,6-9H2. The summed E-state index contributed by atoms with van der Waals surface area (Å²) >= 11 is 0. The van der Waals surface area contributed by atoms with Gasteiger partial charge in [-0.3, -0.25) is 4.79 Å². The van der Waals surface area contributed by atoms with E-state index in [1.54, 1.807) is 47.8 Å². The van der Waals surface area contributed by atoms with Gasteiger partial charge in [0.1, 0.15) is 0 Å². The highest BCUT2D eigenvalue weighted by molar-refractivity contribution is 5.93. The average molecular weight is 325 g/mol. The largest absolute Gasteiger partial charge is 0.461 e. The molecule has 0 bridgehead atoms. The van der Waals surface area contributed by atoms with E-state index in [1.165, 1.54) is 0 Å². The Hall–Kier alpha value is -3.16. The van der Waals surface area contributed by atoms with E-state index in [1.807, 2.05) is 0 Å². The van der Waals surface area contributed by atoms with Crippen LogP contribution in [0.4, 0.5) is 5.95 Å². The van der Waals surface area contributed by atoms with Crippen LogP contribution in [0.1, 0.15) is 10.5 Å². The van der Waals surface area contributed by atoms with Gasteiger partial charge in [-0.05, 0) is 18.2 Å². The fourth-order valence-corrected chi connectivity index (χ4v) is 2.64. The maximum Gasteiger partial charge on any atom is 0.276 e. The molecule has 0 aromatic carbocycles. The molecule has 24 heavy (non-hydrogen) atoms. The second-order valence-corrected chi connectivity index (χ2v) is 5.38. The Bertz CT molecular complexity index is 807. The number of rotatable bonds is 3. The lowest BCUT2D eigenvalue weighted by atomic mass is 10.2. The van der Waals surface area contributed by atoms with Gasteiger partial charge < -0.3 is 18.7 Å². The van der Waals surface area contributed by atoms with Crippen LogP contribution in [0.3, 0.4) is 0 Å². The molecule has 0 unspecified atom stereocenters. The van der Waals surface area contributed by atoms with Crippen LogP contribution in [0.5, 0.6) is 0 Å². The lowest BCUT2D eigenvalue weighted by Crippen LogP contribution is -2.49. The van der Waals surface area contributed by atoms with Crippen molar-refractivity contribution in [3.63, 3.8) is 0 Å². The third-order valence-corrected chi connectivity index (χ3v) is 3.90. The van der Waals surface area contributed by atoms with Crippen molar-refractivity contribution in [2.24, 2.45) is 0 Å². The SMILES string of the molecule is O=C(c1cc(-c2ccco2)on1)N1CCN(c2ncccn2)CC1. The first kappa shape index (κ1) is 14.4. The maximum absolute atomic E-state index is 12.5.